The van der Waals surface area contributed by atoms with E-state index in [0.29, 0.717) is 24.2 Å². The number of amides is 1. The first-order chi connectivity index (χ1) is 11.2. The van der Waals surface area contributed by atoms with Crippen molar-refractivity contribution in [2.75, 3.05) is 24.6 Å². The second kappa shape index (κ2) is 5.98. The fraction of sp³-hybridized carbons (Fsp3) is 0.412. The van der Waals surface area contributed by atoms with Crippen molar-refractivity contribution >= 4 is 34.2 Å². The van der Waals surface area contributed by atoms with Crippen molar-refractivity contribution < 1.29 is 9.53 Å². The Hall–Kier alpha value is -1.85. The number of carbonyl (C=O) groups excluding carboxylic acids is 1. The first-order valence-corrected chi connectivity index (χ1v) is 8.30. The first kappa shape index (κ1) is 14.7. The minimum atomic E-state index is -0.424. The SMILES string of the molecule is O=C(NC1CC1)C1CN(c2ccc3cc(Cl)ccc3n2)CCO1. The summed E-state index contributed by atoms with van der Waals surface area (Å²) < 4.78 is 5.62. The molecule has 1 amide bonds. The molecule has 0 bridgehead atoms. The van der Waals surface area contributed by atoms with E-state index in [1.54, 1.807) is 0 Å². The van der Waals surface area contributed by atoms with Gasteiger partial charge in [-0.1, -0.05) is 11.6 Å². The molecule has 1 saturated carbocycles. The highest BCUT2D eigenvalue weighted by atomic mass is 35.5. The lowest BCUT2D eigenvalue weighted by Crippen LogP contribution is -2.50. The predicted molar refractivity (Wildman–Crippen MR) is 89.9 cm³/mol. The first-order valence-electron chi connectivity index (χ1n) is 7.92. The van der Waals surface area contributed by atoms with Gasteiger partial charge in [0, 0.05) is 23.0 Å². The highest BCUT2D eigenvalue weighted by Crippen LogP contribution is 2.23. The molecule has 2 aliphatic rings. The lowest BCUT2D eigenvalue weighted by molar-refractivity contribution is -0.133. The van der Waals surface area contributed by atoms with Crippen LogP contribution in [0.15, 0.2) is 30.3 Å². The summed E-state index contributed by atoms with van der Waals surface area (Å²) in [7, 11) is 0. The normalized spacial score (nSPS) is 21.4. The standard InChI is InChI=1S/C17H18ClN3O2/c18-12-2-5-14-11(9-12)1-6-16(20-14)21-7-8-23-15(10-21)17(22)19-13-3-4-13/h1-2,5-6,9,13,15H,3-4,7-8,10H2,(H,19,22). The van der Waals surface area contributed by atoms with Crippen LogP contribution in [0.2, 0.25) is 5.02 Å². The summed E-state index contributed by atoms with van der Waals surface area (Å²) in [6.07, 6.45) is 1.74. The Morgan fingerprint density at radius 1 is 1.30 bits per heavy atom. The summed E-state index contributed by atoms with van der Waals surface area (Å²) in [4.78, 5) is 19.0. The highest BCUT2D eigenvalue weighted by molar-refractivity contribution is 6.31. The third-order valence-electron chi connectivity index (χ3n) is 4.24. The van der Waals surface area contributed by atoms with Gasteiger partial charge in [-0.05, 0) is 43.2 Å². The van der Waals surface area contributed by atoms with Crippen molar-refractivity contribution in [3.63, 3.8) is 0 Å². The van der Waals surface area contributed by atoms with Gasteiger partial charge in [0.2, 0.25) is 0 Å². The molecule has 2 fully saturated rings. The Kier molecular flexibility index (Phi) is 3.83. The van der Waals surface area contributed by atoms with Gasteiger partial charge in [-0.2, -0.15) is 0 Å². The van der Waals surface area contributed by atoms with Gasteiger partial charge in [0.25, 0.3) is 5.91 Å². The third kappa shape index (κ3) is 3.26. The summed E-state index contributed by atoms with van der Waals surface area (Å²) in [5, 5.41) is 4.72. The second-order valence-corrected chi connectivity index (χ2v) is 6.53. The number of anilines is 1. The number of ether oxygens (including phenoxy) is 1. The molecule has 1 atom stereocenters. The fourth-order valence-corrected chi connectivity index (χ4v) is 2.98. The van der Waals surface area contributed by atoms with Crippen LogP contribution in [0.5, 0.6) is 0 Å². The zero-order valence-corrected chi connectivity index (χ0v) is 13.4. The number of nitrogens with one attached hydrogen (secondary N) is 1. The van der Waals surface area contributed by atoms with Crippen LogP contribution in [-0.2, 0) is 9.53 Å². The van der Waals surface area contributed by atoms with E-state index in [1.165, 1.54) is 0 Å². The average Bonchev–Trinajstić information content (AvgIpc) is 3.38. The Labute approximate surface area is 139 Å². The molecule has 2 heterocycles. The minimum absolute atomic E-state index is 0.00947. The number of halogens is 1. The Balaban J connectivity index is 1.52. The molecule has 1 aliphatic heterocycles. The molecule has 1 aliphatic carbocycles. The van der Waals surface area contributed by atoms with Gasteiger partial charge in [-0.15, -0.1) is 0 Å². The number of hydrogen-bond acceptors (Lipinski definition) is 4. The van der Waals surface area contributed by atoms with Crippen molar-refractivity contribution in [2.45, 2.75) is 25.0 Å². The van der Waals surface area contributed by atoms with Gasteiger partial charge >= 0.3 is 0 Å². The van der Waals surface area contributed by atoms with Crippen molar-refractivity contribution in [1.82, 2.24) is 10.3 Å². The summed E-state index contributed by atoms with van der Waals surface area (Å²) in [6.45, 7) is 1.80. The van der Waals surface area contributed by atoms with Crippen LogP contribution in [0.1, 0.15) is 12.8 Å². The van der Waals surface area contributed by atoms with Crippen LogP contribution in [0.3, 0.4) is 0 Å². The molecule has 120 valence electrons. The largest absolute Gasteiger partial charge is 0.365 e. The summed E-state index contributed by atoms with van der Waals surface area (Å²) in [6, 6.07) is 9.99. The van der Waals surface area contributed by atoms with Gasteiger partial charge in [0.1, 0.15) is 5.82 Å². The molecule has 1 aromatic carbocycles. The van der Waals surface area contributed by atoms with E-state index in [-0.39, 0.29) is 5.91 Å². The maximum Gasteiger partial charge on any atom is 0.251 e. The molecular weight excluding hydrogens is 314 g/mol. The second-order valence-electron chi connectivity index (χ2n) is 6.09. The topological polar surface area (TPSA) is 54.5 Å². The maximum atomic E-state index is 12.2. The molecule has 2 aromatic rings. The molecule has 0 radical (unpaired) electrons. The smallest absolute Gasteiger partial charge is 0.251 e. The number of aromatic nitrogens is 1. The molecule has 1 saturated heterocycles. The van der Waals surface area contributed by atoms with E-state index >= 15 is 0 Å². The summed E-state index contributed by atoms with van der Waals surface area (Å²) in [5.41, 5.74) is 0.900. The molecule has 6 heteroatoms. The quantitative estimate of drug-likeness (QED) is 0.938. The van der Waals surface area contributed by atoms with E-state index in [0.717, 1.165) is 36.1 Å². The monoisotopic (exact) mass is 331 g/mol. The number of rotatable bonds is 3. The van der Waals surface area contributed by atoms with Crippen molar-refractivity contribution in [3.8, 4) is 0 Å². The number of pyridine rings is 1. The zero-order valence-electron chi connectivity index (χ0n) is 12.7. The van der Waals surface area contributed by atoms with Crippen LogP contribution >= 0.6 is 11.6 Å². The van der Waals surface area contributed by atoms with Gasteiger partial charge in [0.05, 0.1) is 18.7 Å². The fourth-order valence-electron chi connectivity index (χ4n) is 2.80. The van der Waals surface area contributed by atoms with Crippen LogP contribution in [0.4, 0.5) is 5.82 Å². The van der Waals surface area contributed by atoms with E-state index in [1.807, 2.05) is 30.3 Å². The summed E-state index contributed by atoms with van der Waals surface area (Å²) >= 11 is 6.01. The van der Waals surface area contributed by atoms with Gasteiger partial charge < -0.3 is 15.0 Å². The molecule has 4 rings (SSSR count). The predicted octanol–water partition coefficient (Wildman–Crippen LogP) is 2.37. The van der Waals surface area contributed by atoms with Crippen LogP contribution in [0, 0.1) is 0 Å². The minimum Gasteiger partial charge on any atom is -0.365 e. The number of carbonyl (C=O) groups is 1. The van der Waals surface area contributed by atoms with Gasteiger partial charge in [-0.25, -0.2) is 4.98 Å². The Bertz CT molecular complexity index is 748. The molecule has 1 unspecified atom stereocenters. The average molecular weight is 332 g/mol. The van der Waals surface area contributed by atoms with Gasteiger partial charge in [0.15, 0.2) is 6.10 Å². The lowest BCUT2D eigenvalue weighted by Gasteiger charge is -2.33. The number of nitrogens with zero attached hydrogens (tertiary/aromatic N) is 2. The molecule has 0 spiro atoms. The molecule has 5 nitrogen and oxygen atoms in total. The summed E-state index contributed by atoms with van der Waals surface area (Å²) in [5.74, 6) is 0.858. The zero-order chi connectivity index (χ0) is 15.8. The van der Waals surface area contributed by atoms with Crippen LogP contribution in [-0.4, -0.2) is 42.7 Å². The number of fused-ring (bicyclic) bond motifs is 1. The number of morpholine rings is 1. The van der Waals surface area contributed by atoms with E-state index in [9.17, 15) is 4.79 Å². The molecule has 23 heavy (non-hydrogen) atoms. The van der Waals surface area contributed by atoms with Crippen molar-refractivity contribution in [2.24, 2.45) is 0 Å². The number of benzene rings is 1. The van der Waals surface area contributed by atoms with Crippen molar-refractivity contribution in [1.29, 1.82) is 0 Å². The third-order valence-corrected chi connectivity index (χ3v) is 4.48. The molecule has 1 N–H and O–H groups in total. The Morgan fingerprint density at radius 2 is 2.17 bits per heavy atom. The van der Waals surface area contributed by atoms with E-state index in [2.05, 4.69) is 15.2 Å². The van der Waals surface area contributed by atoms with Crippen LogP contribution in [0.25, 0.3) is 10.9 Å². The van der Waals surface area contributed by atoms with Crippen LogP contribution < -0.4 is 10.2 Å². The van der Waals surface area contributed by atoms with Gasteiger partial charge in [-0.3, -0.25) is 4.79 Å². The molecule has 1 aromatic heterocycles. The van der Waals surface area contributed by atoms with E-state index in [4.69, 9.17) is 16.3 Å². The maximum absolute atomic E-state index is 12.2. The Morgan fingerprint density at radius 3 is 3.00 bits per heavy atom. The van der Waals surface area contributed by atoms with Crippen molar-refractivity contribution in [3.05, 3.63) is 35.4 Å². The highest BCUT2D eigenvalue weighted by Gasteiger charge is 2.31. The molecular formula is C17H18ClN3O2. The number of hydrogen-bond donors (Lipinski definition) is 1. The van der Waals surface area contributed by atoms with E-state index < -0.39 is 6.10 Å². The lowest BCUT2D eigenvalue weighted by atomic mass is 10.2.